The van der Waals surface area contributed by atoms with Crippen LogP contribution < -0.4 is 5.32 Å². The van der Waals surface area contributed by atoms with Gasteiger partial charge in [0.1, 0.15) is 6.54 Å². The molecule has 146 valence electrons. The molecule has 0 spiro atoms. The van der Waals surface area contributed by atoms with Crippen LogP contribution in [0.25, 0.3) is 10.8 Å². The average Bonchev–Trinajstić information content (AvgIpc) is 2.98. The van der Waals surface area contributed by atoms with Crippen LogP contribution in [-0.4, -0.2) is 40.8 Å². The van der Waals surface area contributed by atoms with Crippen molar-refractivity contribution in [2.24, 2.45) is 0 Å². The van der Waals surface area contributed by atoms with E-state index in [0.717, 1.165) is 21.2 Å². The van der Waals surface area contributed by atoms with E-state index >= 15 is 0 Å². The molecule has 3 aromatic rings. The van der Waals surface area contributed by atoms with E-state index in [1.54, 1.807) is 24.3 Å². The summed E-state index contributed by atoms with van der Waals surface area (Å²) >= 11 is 0. The molecule has 1 unspecified atom stereocenters. The third-order valence-corrected chi connectivity index (χ3v) is 5.10. The maximum Gasteiger partial charge on any atom is 0.262 e. The van der Waals surface area contributed by atoms with Gasteiger partial charge in [0.15, 0.2) is 0 Å². The lowest BCUT2D eigenvalue weighted by molar-refractivity contribution is -0.121. The van der Waals surface area contributed by atoms with E-state index in [-0.39, 0.29) is 13.1 Å². The first-order valence-corrected chi connectivity index (χ1v) is 9.44. The number of aliphatic hydroxyl groups is 1. The fourth-order valence-electron chi connectivity index (χ4n) is 3.63. The molecule has 3 amide bonds. The molecule has 6 heteroatoms. The fourth-order valence-corrected chi connectivity index (χ4v) is 3.63. The topological polar surface area (TPSA) is 86.7 Å². The van der Waals surface area contributed by atoms with Gasteiger partial charge >= 0.3 is 0 Å². The normalized spacial score (nSPS) is 14.2. The molecule has 0 radical (unpaired) electrons. The summed E-state index contributed by atoms with van der Waals surface area (Å²) < 4.78 is 0. The molecule has 0 saturated carbocycles. The number of rotatable bonds is 6. The first kappa shape index (κ1) is 18.8. The number of fused-ring (bicyclic) bond motifs is 2. The molecule has 4 rings (SSSR count). The van der Waals surface area contributed by atoms with Gasteiger partial charge in [-0.1, -0.05) is 54.6 Å². The molecule has 0 aromatic heterocycles. The van der Waals surface area contributed by atoms with Crippen molar-refractivity contribution in [2.75, 3.05) is 13.1 Å². The zero-order valence-corrected chi connectivity index (χ0v) is 15.7. The smallest absolute Gasteiger partial charge is 0.262 e. The Labute approximate surface area is 167 Å². The summed E-state index contributed by atoms with van der Waals surface area (Å²) in [5.74, 6) is -1.36. The molecule has 0 fully saturated rings. The summed E-state index contributed by atoms with van der Waals surface area (Å²) in [5.41, 5.74) is 1.44. The minimum atomic E-state index is -0.735. The Morgan fingerprint density at radius 1 is 0.897 bits per heavy atom. The summed E-state index contributed by atoms with van der Waals surface area (Å²) in [6.45, 7) is -0.108. The van der Waals surface area contributed by atoms with Crippen molar-refractivity contribution in [3.8, 4) is 0 Å². The second-order valence-corrected chi connectivity index (χ2v) is 6.96. The third kappa shape index (κ3) is 3.62. The molecule has 29 heavy (non-hydrogen) atoms. The highest BCUT2D eigenvalue weighted by Gasteiger charge is 2.36. The highest BCUT2D eigenvalue weighted by molar-refractivity contribution is 6.22. The average molecular weight is 388 g/mol. The van der Waals surface area contributed by atoms with Crippen LogP contribution in [-0.2, 0) is 4.79 Å². The van der Waals surface area contributed by atoms with Crippen molar-refractivity contribution >= 4 is 28.5 Å². The van der Waals surface area contributed by atoms with Gasteiger partial charge in [-0.05, 0) is 34.9 Å². The van der Waals surface area contributed by atoms with Gasteiger partial charge in [0.25, 0.3) is 11.8 Å². The Hall–Kier alpha value is -3.51. The van der Waals surface area contributed by atoms with E-state index in [2.05, 4.69) is 5.32 Å². The number of nitrogens with zero attached hydrogens (tertiary/aromatic N) is 1. The summed E-state index contributed by atoms with van der Waals surface area (Å²) in [4.78, 5) is 37.8. The van der Waals surface area contributed by atoms with Crippen LogP contribution in [0.3, 0.4) is 0 Å². The first-order valence-electron chi connectivity index (χ1n) is 9.44. The third-order valence-electron chi connectivity index (χ3n) is 5.10. The van der Waals surface area contributed by atoms with E-state index < -0.39 is 23.8 Å². The summed E-state index contributed by atoms with van der Waals surface area (Å²) in [5, 5.41) is 15.2. The number of hydrogen-bond donors (Lipinski definition) is 2. The number of nitrogens with one attached hydrogen (secondary N) is 1. The van der Waals surface area contributed by atoms with Crippen molar-refractivity contribution in [3.63, 3.8) is 0 Å². The second kappa shape index (κ2) is 7.85. The van der Waals surface area contributed by atoms with E-state index in [1.165, 1.54) is 0 Å². The maximum atomic E-state index is 12.3. The SMILES string of the molecule is O=C(CN1C(=O)c2ccccc2C1=O)NCCC(O)c1cccc2ccccc12. The van der Waals surface area contributed by atoms with Gasteiger partial charge in [-0.2, -0.15) is 0 Å². The molecule has 0 bridgehead atoms. The number of hydrogen-bond acceptors (Lipinski definition) is 4. The summed E-state index contributed by atoms with van der Waals surface area (Å²) in [6, 6.07) is 20.1. The van der Waals surface area contributed by atoms with Crippen molar-refractivity contribution in [1.82, 2.24) is 10.2 Å². The first-order chi connectivity index (χ1) is 14.1. The van der Waals surface area contributed by atoms with Gasteiger partial charge < -0.3 is 10.4 Å². The summed E-state index contributed by atoms with van der Waals surface area (Å²) in [6.07, 6.45) is -0.414. The monoisotopic (exact) mass is 388 g/mol. The quantitative estimate of drug-likeness (QED) is 0.636. The number of carbonyl (C=O) groups excluding carboxylic acids is 3. The molecule has 1 aliphatic rings. The second-order valence-electron chi connectivity index (χ2n) is 6.96. The number of imide groups is 1. The minimum absolute atomic E-state index is 0.229. The zero-order valence-electron chi connectivity index (χ0n) is 15.7. The standard InChI is InChI=1S/C23H20N2O4/c26-20(17-11-5-7-15-6-1-2-8-16(15)17)12-13-24-21(27)14-25-22(28)18-9-3-4-10-19(18)23(25)29/h1-11,20,26H,12-14H2,(H,24,27). The van der Waals surface area contributed by atoms with Crippen molar-refractivity contribution in [2.45, 2.75) is 12.5 Å². The molecule has 6 nitrogen and oxygen atoms in total. The van der Waals surface area contributed by atoms with Crippen molar-refractivity contribution in [3.05, 3.63) is 83.4 Å². The Morgan fingerprint density at radius 3 is 2.24 bits per heavy atom. The number of aliphatic hydroxyl groups excluding tert-OH is 1. The van der Waals surface area contributed by atoms with Gasteiger partial charge in [-0.3, -0.25) is 19.3 Å². The Bertz CT molecular complexity index is 1070. The van der Waals surface area contributed by atoms with Crippen LogP contribution in [0.4, 0.5) is 0 Å². The number of amides is 3. The lowest BCUT2D eigenvalue weighted by Gasteiger charge is -2.16. The molecule has 3 aromatic carbocycles. The van der Waals surface area contributed by atoms with Crippen molar-refractivity contribution < 1.29 is 19.5 Å². The van der Waals surface area contributed by atoms with Crippen LogP contribution in [0.2, 0.25) is 0 Å². The Kier molecular flexibility index (Phi) is 5.10. The maximum absolute atomic E-state index is 12.3. The van der Waals surface area contributed by atoms with Crippen LogP contribution >= 0.6 is 0 Å². The van der Waals surface area contributed by atoms with Crippen LogP contribution in [0.1, 0.15) is 38.8 Å². The molecule has 1 atom stereocenters. The van der Waals surface area contributed by atoms with E-state index in [4.69, 9.17) is 0 Å². The molecule has 2 N–H and O–H groups in total. The molecular weight excluding hydrogens is 368 g/mol. The van der Waals surface area contributed by atoms with E-state index in [1.807, 2.05) is 42.5 Å². The fraction of sp³-hybridized carbons (Fsp3) is 0.174. The highest BCUT2D eigenvalue weighted by atomic mass is 16.3. The van der Waals surface area contributed by atoms with Crippen LogP contribution in [0.15, 0.2) is 66.7 Å². The van der Waals surface area contributed by atoms with Crippen LogP contribution in [0, 0.1) is 0 Å². The summed E-state index contributed by atoms with van der Waals surface area (Å²) in [7, 11) is 0. The van der Waals surface area contributed by atoms with Gasteiger partial charge in [-0.25, -0.2) is 0 Å². The number of carbonyl (C=O) groups is 3. The molecule has 1 aliphatic heterocycles. The lowest BCUT2D eigenvalue weighted by atomic mass is 9.99. The zero-order chi connectivity index (χ0) is 20.4. The van der Waals surface area contributed by atoms with Gasteiger partial charge in [-0.15, -0.1) is 0 Å². The van der Waals surface area contributed by atoms with Gasteiger partial charge in [0.05, 0.1) is 17.2 Å². The van der Waals surface area contributed by atoms with Crippen LogP contribution in [0.5, 0.6) is 0 Å². The Balaban J connectivity index is 1.34. The van der Waals surface area contributed by atoms with E-state index in [9.17, 15) is 19.5 Å². The predicted molar refractivity (Wildman–Crippen MR) is 108 cm³/mol. The van der Waals surface area contributed by atoms with E-state index in [0.29, 0.717) is 17.5 Å². The van der Waals surface area contributed by atoms with Gasteiger partial charge in [0, 0.05) is 6.54 Å². The largest absolute Gasteiger partial charge is 0.388 e. The van der Waals surface area contributed by atoms with Gasteiger partial charge in [0.2, 0.25) is 5.91 Å². The Morgan fingerprint density at radius 2 is 1.52 bits per heavy atom. The molecule has 0 aliphatic carbocycles. The minimum Gasteiger partial charge on any atom is -0.388 e. The van der Waals surface area contributed by atoms with Crippen molar-refractivity contribution in [1.29, 1.82) is 0 Å². The molecule has 1 heterocycles. The molecule has 0 saturated heterocycles. The number of benzene rings is 3. The highest BCUT2D eigenvalue weighted by Crippen LogP contribution is 2.26. The molecular formula is C23H20N2O4. The predicted octanol–water partition coefficient (Wildman–Crippen LogP) is 2.68. The lowest BCUT2D eigenvalue weighted by Crippen LogP contribution is -2.40.